The molecule has 2 amide bonds. The summed E-state index contributed by atoms with van der Waals surface area (Å²) in [4.78, 5) is 34.9. The third-order valence-electron chi connectivity index (χ3n) is 5.27. The van der Waals surface area contributed by atoms with Gasteiger partial charge in [0, 0.05) is 10.9 Å². The molecule has 2 saturated heterocycles. The lowest BCUT2D eigenvalue weighted by molar-refractivity contribution is -0.126. The Hall–Kier alpha value is -3.16. The molecule has 3 atom stereocenters. The number of carbonyl (C=O) groups is 2. The summed E-state index contributed by atoms with van der Waals surface area (Å²) in [5, 5.41) is 3.67. The maximum Gasteiger partial charge on any atom is 0.266 e. The molecular weight excluding hydrogens is 388 g/mol. The molecule has 3 aromatic rings. The van der Waals surface area contributed by atoms with Crippen LogP contribution in [0.4, 0.5) is 11.4 Å². The van der Waals surface area contributed by atoms with Gasteiger partial charge in [-0.25, -0.2) is 9.96 Å². The molecule has 0 radical (unpaired) electrons. The summed E-state index contributed by atoms with van der Waals surface area (Å²) in [5.74, 6) is -0.646. The van der Waals surface area contributed by atoms with E-state index in [0.717, 1.165) is 10.6 Å². The van der Waals surface area contributed by atoms with E-state index in [0.29, 0.717) is 11.4 Å². The molecule has 29 heavy (non-hydrogen) atoms. The fourth-order valence-corrected chi connectivity index (χ4v) is 4.82. The summed E-state index contributed by atoms with van der Waals surface area (Å²) in [5.41, 5.74) is 1.31. The van der Waals surface area contributed by atoms with Crippen LogP contribution in [0.15, 0.2) is 72.1 Å². The molecule has 0 spiro atoms. The van der Waals surface area contributed by atoms with Crippen LogP contribution >= 0.6 is 11.3 Å². The van der Waals surface area contributed by atoms with Crippen molar-refractivity contribution in [2.75, 3.05) is 17.1 Å². The second-order valence-electron chi connectivity index (χ2n) is 6.89. The third kappa shape index (κ3) is 2.82. The predicted molar refractivity (Wildman–Crippen MR) is 110 cm³/mol. The van der Waals surface area contributed by atoms with Gasteiger partial charge in [-0.05, 0) is 35.7 Å². The van der Waals surface area contributed by atoms with Gasteiger partial charge in [0.2, 0.25) is 5.91 Å². The molecular formula is C22H18N2O4S. The number of benzene rings is 2. The van der Waals surface area contributed by atoms with Crippen LogP contribution in [0.5, 0.6) is 5.75 Å². The number of carbonyl (C=O) groups excluding carboxylic acids is 2. The Morgan fingerprint density at radius 3 is 2.45 bits per heavy atom. The number of anilines is 2. The number of methoxy groups -OCH3 is 1. The molecule has 0 bridgehead atoms. The number of thiophene rings is 1. The topological polar surface area (TPSA) is 59.1 Å². The van der Waals surface area contributed by atoms with Gasteiger partial charge in [-0.2, -0.15) is 0 Å². The van der Waals surface area contributed by atoms with Gasteiger partial charge in [-0.1, -0.05) is 30.3 Å². The van der Waals surface area contributed by atoms with Crippen molar-refractivity contribution in [2.24, 2.45) is 5.92 Å². The summed E-state index contributed by atoms with van der Waals surface area (Å²) in [6, 6.07) is 20.1. The Bertz CT molecular complexity index is 1050. The first-order valence-electron chi connectivity index (χ1n) is 9.25. The SMILES string of the molecule is COc1cccc(N2C(=O)[C@H]3[C@H](ON(c4ccccc4)[C@@H]3c3cccs3)C2=O)c1. The number of hydrogen-bond donors (Lipinski definition) is 0. The number of imide groups is 1. The van der Waals surface area contributed by atoms with Gasteiger partial charge in [-0.15, -0.1) is 11.3 Å². The second kappa shape index (κ2) is 7.02. The highest BCUT2D eigenvalue weighted by molar-refractivity contribution is 7.10. The van der Waals surface area contributed by atoms with Crippen LogP contribution in [0.3, 0.4) is 0 Å². The van der Waals surface area contributed by atoms with Crippen molar-refractivity contribution in [3.8, 4) is 5.75 Å². The van der Waals surface area contributed by atoms with Crippen molar-refractivity contribution in [1.82, 2.24) is 0 Å². The molecule has 0 aliphatic carbocycles. The highest BCUT2D eigenvalue weighted by atomic mass is 32.1. The Balaban J connectivity index is 1.56. The van der Waals surface area contributed by atoms with E-state index in [1.165, 1.54) is 4.90 Å². The summed E-state index contributed by atoms with van der Waals surface area (Å²) in [6.07, 6.45) is -0.860. The first-order chi connectivity index (χ1) is 14.2. The van der Waals surface area contributed by atoms with Crippen LogP contribution in [-0.4, -0.2) is 25.0 Å². The van der Waals surface area contributed by atoms with Gasteiger partial charge in [0.1, 0.15) is 17.7 Å². The molecule has 2 fully saturated rings. The Morgan fingerprint density at radius 1 is 0.931 bits per heavy atom. The number of fused-ring (bicyclic) bond motifs is 1. The van der Waals surface area contributed by atoms with Gasteiger partial charge in [0.15, 0.2) is 6.10 Å². The molecule has 1 aromatic heterocycles. The van der Waals surface area contributed by atoms with Crippen LogP contribution in [0.2, 0.25) is 0 Å². The lowest BCUT2D eigenvalue weighted by Crippen LogP contribution is -2.37. The van der Waals surface area contributed by atoms with E-state index >= 15 is 0 Å². The number of hydrogen-bond acceptors (Lipinski definition) is 6. The molecule has 2 aliphatic heterocycles. The zero-order valence-electron chi connectivity index (χ0n) is 15.6. The Labute approximate surface area is 171 Å². The van der Waals surface area contributed by atoms with Crippen LogP contribution in [0.25, 0.3) is 0 Å². The zero-order chi connectivity index (χ0) is 20.0. The fourth-order valence-electron chi connectivity index (χ4n) is 3.97. The number of rotatable bonds is 4. The number of para-hydroxylation sites is 1. The molecule has 7 heteroatoms. The minimum Gasteiger partial charge on any atom is -0.497 e. The molecule has 2 aromatic carbocycles. The van der Waals surface area contributed by atoms with Crippen molar-refractivity contribution >= 4 is 34.5 Å². The zero-order valence-corrected chi connectivity index (χ0v) is 16.4. The van der Waals surface area contributed by atoms with E-state index in [1.54, 1.807) is 47.8 Å². The molecule has 146 valence electrons. The lowest BCUT2D eigenvalue weighted by atomic mass is 9.95. The Kier molecular flexibility index (Phi) is 4.34. The number of amides is 2. The van der Waals surface area contributed by atoms with Crippen molar-refractivity contribution in [3.05, 3.63) is 77.0 Å². The quantitative estimate of drug-likeness (QED) is 0.617. The minimum absolute atomic E-state index is 0.259. The van der Waals surface area contributed by atoms with Crippen molar-refractivity contribution in [1.29, 1.82) is 0 Å². The molecule has 0 saturated carbocycles. The molecule has 2 aliphatic rings. The van der Waals surface area contributed by atoms with Crippen molar-refractivity contribution in [2.45, 2.75) is 12.1 Å². The average Bonchev–Trinajstić information content (AvgIpc) is 3.46. The second-order valence-corrected chi connectivity index (χ2v) is 7.87. The van der Waals surface area contributed by atoms with E-state index in [4.69, 9.17) is 9.57 Å². The molecule has 0 unspecified atom stereocenters. The van der Waals surface area contributed by atoms with Crippen molar-refractivity contribution < 1.29 is 19.2 Å². The molecule has 5 rings (SSSR count). The van der Waals surface area contributed by atoms with Crippen LogP contribution in [0.1, 0.15) is 10.9 Å². The number of nitrogens with zero attached hydrogens (tertiary/aromatic N) is 2. The maximum absolute atomic E-state index is 13.4. The van der Waals surface area contributed by atoms with Crippen LogP contribution < -0.4 is 14.7 Å². The summed E-state index contributed by atoms with van der Waals surface area (Å²) >= 11 is 1.55. The molecule has 6 nitrogen and oxygen atoms in total. The van der Waals surface area contributed by atoms with Crippen LogP contribution in [0, 0.1) is 5.92 Å². The highest BCUT2D eigenvalue weighted by Crippen LogP contribution is 2.48. The average molecular weight is 406 g/mol. The normalized spacial score (nSPS) is 23.6. The summed E-state index contributed by atoms with van der Waals surface area (Å²) in [6.45, 7) is 0. The number of hydroxylamine groups is 1. The standard InChI is InChI=1S/C22H18N2O4S/c1-27-16-10-5-9-15(13-16)23-21(25)18-19(17-11-6-12-29-17)24(28-20(18)22(23)26)14-7-3-2-4-8-14/h2-13,18-20H,1H3/t18-,19-,20+/m1/s1. The monoisotopic (exact) mass is 406 g/mol. The summed E-state index contributed by atoms with van der Waals surface area (Å²) in [7, 11) is 1.55. The minimum atomic E-state index is -0.860. The van der Waals surface area contributed by atoms with E-state index in [2.05, 4.69) is 0 Å². The summed E-state index contributed by atoms with van der Waals surface area (Å²) < 4.78 is 5.25. The van der Waals surface area contributed by atoms with Crippen LogP contribution in [-0.2, 0) is 14.4 Å². The lowest BCUT2D eigenvalue weighted by Gasteiger charge is -2.27. The molecule has 0 N–H and O–H groups in total. The molecule has 3 heterocycles. The van der Waals surface area contributed by atoms with Crippen molar-refractivity contribution in [3.63, 3.8) is 0 Å². The van der Waals surface area contributed by atoms with Gasteiger partial charge in [-0.3, -0.25) is 14.4 Å². The van der Waals surface area contributed by atoms with E-state index in [-0.39, 0.29) is 17.9 Å². The van der Waals surface area contributed by atoms with Gasteiger partial charge >= 0.3 is 0 Å². The fraction of sp³-hybridized carbons (Fsp3) is 0.182. The van der Waals surface area contributed by atoms with E-state index < -0.39 is 12.0 Å². The van der Waals surface area contributed by atoms with Gasteiger partial charge in [0.25, 0.3) is 5.91 Å². The third-order valence-corrected chi connectivity index (χ3v) is 6.22. The number of ether oxygens (including phenoxy) is 1. The Morgan fingerprint density at radius 2 is 1.72 bits per heavy atom. The predicted octanol–water partition coefficient (Wildman–Crippen LogP) is 3.81. The largest absolute Gasteiger partial charge is 0.497 e. The first kappa shape index (κ1) is 17.9. The van der Waals surface area contributed by atoms with E-state index in [1.807, 2.05) is 47.8 Å². The highest BCUT2D eigenvalue weighted by Gasteiger charge is 2.60. The maximum atomic E-state index is 13.4. The smallest absolute Gasteiger partial charge is 0.266 e. The van der Waals surface area contributed by atoms with E-state index in [9.17, 15) is 9.59 Å². The van der Waals surface area contributed by atoms with Gasteiger partial charge < -0.3 is 4.74 Å². The van der Waals surface area contributed by atoms with Gasteiger partial charge in [0.05, 0.1) is 18.5 Å². The first-order valence-corrected chi connectivity index (χ1v) is 10.1.